The number of hydrogen-bond acceptors (Lipinski definition) is 2. The lowest BCUT2D eigenvalue weighted by Gasteiger charge is -2.18. The molecule has 0 unspecified atom stereocenters. The molecule has 0 saturated carbocycles. The third-order valence-corrected chi connectivity index (χ3v) is 3.01. The largest absolute Gasteiger partial charge is 0.446 e. The van der Waals surface area contributed by atoms with Gasteiger partial charge in [0, 0.05) is 5.69 Å². The summed E-state index contributed by atoms with van der Waals surface area (Å²) in [5.74, 6) is 0. The first-order valence-electron chi connectivity index (χ1n) is 6.52. The van der Waals surface area contributed by atoms with Crippen molar-refractivity contribution >= 4 is 11.8 Å². The topological polar surface area (TPSA) is 38.3 Å². The van der Waals surface area contributed by atoms with Gasteiger partial charge in [-0.25, -0.2) is 4.79 Å². The summed E-state index contributed by atoms with van der Waals surface area (Å²) in [4.78, 5) is 11.7. The van der Waals surface area contributed by atoms with E-state index in [1.165, 1.54) is 0 Å². The minimum atomic E-state index is -0.351. The fourth-order valence-corrected chi connectivity index (χ4v) is 2.06. The summed E-state index contributed by atoms with van der Waals surface area (Å²) < 4.78 is 5.45. The predicted molar refractivity (Wildman–Crippen MR) is 72.6 cm³/mol. The molecule has 0 aromatic heterocycles. The normalized spacial score (nSPS) is 21.4. The minimum Gasteiger partial charge on any atom is -0.446 e. The highest BCUT2D eigenvalue weighted by atomic mass is 16.6. The first-order valence-corrected chi connectivity index (χ1v) is 6.52. The third-order valence-electron chi connectivity index (χ3n) is 3.01. The molecule has 0 heterocycles. The van der Waals surface area contributed by atoms with Gasteiger partial charge in [-0.15, -0.1) is 0 Å². The number of anilines is 1. The van der Waals surface area contributed by atoms with Crippen molar-refractivity contribution in [3.8, 4) is 0 Å². The molecule has 18 heavy (non-hydrogen) atoms. The average molecular weight is 245 g/mol. The second-order valence-electron chi connectivity index (χ2n) is 4.50. The van der Waals surface area contributed by atoms with Gasteiger partial charge in [-0.3, -0.25) is 5.32 Å². The van der Waals surface area contributed by atoms with Gasteiger partial charge in [-0.1, -0.05) is 30.4 Å². The molecule has 1 N–H and O–H groups in total. The Morgan fingerprint density at radius 3 is 2.72 bits per heavy atom. The van der Waals surface area contributed by atoms with E-state index in [9.17, 15) is 4.79 Å². The van der Waals surface area contributed by atoms with Crippen LogP contribution in [0.3, 0.4) is 0 Å². The fraction of sp³-hybridized carbons (Fsp3) is 0.400. The van der Waals surface area contributed by atoms with Gasteiger partial charge in [0.15, 0.2) is 0 Å². The van der Waals surface area contributed by atoms with E-state index >= 15 is 0 Å². The van der Waals surface area contributed by atoms with E-state index in [0.29, 0.717) is 0 Å². The molecule has 0 saturated heterocycles. The molecule has 1 aliphatic rings. The van der Waals surface area contributed by atoms with E-state index < -0.39 is 0 Å². The highest BCUT2D eigenvalue weighted by Gasteiger charge is 2.14. The quantitative estimate of drug-likeness (QED) is 0.796. The van der Waals surface area contributed by atoms with Crippen molar-refractivity contribution in [2.45, 2.75) is 38.2 Å². The Morgan fingerprint density at radius 1 is 1.11 bits per heavy atom. The number of hydrogen-bond donors (Lipinski definition) is 1. The summed E-state index contributed by atoms with van der Waals surface area (Å²) in [6.07, 6.45) is 9.09. The number of para-hydroxylation sites is 1. The maximum atomic E-state index is 11.7. The molecule has 2 rings (SSSR count). The molecule has 3 heteroatoms. The van der Waals surface area contributed by atoms with E-state index in [4.69, 9.17) is 4.74 Å². The van der Waals surface area contributed by atoms with Gasteiger partial charge in [0.1, 0.15) is 6.10 Å². The third kappa shape index (κ3) is 4.24. The molecule has 0 fully saturated rings. The summed E-state index contributed by atoms with van der Waals surface area (Å²) in [5.41, 5.74) is 0.772. The van der Waals surface area contributed by atoms with Crippen LogP contribution in [-0.2, 0) is 4.74 Å². The number of allylic oxidation sites excluding steroid dienone is 2. The predicted octanol–water partition coefficient (Wildman–Crippen LogP) is 4.12. The van der Waals surface area contributed by atoms with Crippen LogP contribution in [0.4, 0.5) is 10.5 Å². The van der Waals surface area contributed by atoms with Crippen molar-refractivity contribution in [1.82, 2.24) is 0 Å². The minimum absolute atomic E-state index is 0.0404. The molecule has 0 aliphatic heterocycles. The second-order valence-corrected chi connectivity index (χ2v) is 4.50. The zero-order valence-corrected chi connectivity index (χ0v) is 10.5. The summed E-state index contributed by atoms with van der Waals surface area (Å²) in [6, 6.07) is 9.38. The monoisotopic (exact) mass is 245 g/mol. The number of nitrogens with one attached hydrogen (secondary N) is 1. The lowest BCUT2D eigenvalue weighted by atomic mass is 10.0. The molecule has 1 aromatic carbocycles. The number of rotatable bonds is 2. The molecule has 1 aliphatic carbocycles. The molecule has 1 amide bonds. The fourth-order valence-electron chi connectivity index (χ4n) is 2.06. The van der Waals surface area contributed by atoms with Crippen molar-refractivity contribution in [2.75, 3.05) is 5.32 Å². The maximum absolute atomic E-state index is 11.7. The zero-order valence-electron chi connectivity index (χ0n) is 10.5. The molecule has 3 nitrogen and oxygen atoms in total. The van der Waals surface area contributed by atoms with E-state index in [1.807, 2.05) is 30.3 Å². The Kier molecular flexibility index (Phi) is 4.82. The van der Waals surface area contributed by atoms with Crippen LogP contribution < -0.4 is 5.32 Å². The smallest absolute Gasteiger partial charge is 0.411 e. The summed E-state index contributed by atoms with van der Waals surface area (Å²) >= 11 is 0. The van der Waals surface area contributed by atoms with Crippen LogP contribution in [0.2, 0.25) is 0 Å². The average Bonchev–Trinajstić information content (AvgIpc) is 2.34. The number of benzene rings is 1. The van der Waals surface area contributed by atoms with E-state index in [1.54, 1.807) is 0 Å². The van der Waals surface area contributed by atoms with Crippen LogP contribution in [0.15, 0.2) is 42.5 Å². The Labute approximate surface area is 108 Å². The lowest BCUT2D eigenvalue weighted by molar-refractivity contribution is 0.0985. The van der Waals surface area contributed by atoms with E-state index in [-0.39, 0.29) is 12.2 Å². The van der Waals surface area contributed by atoms with Crippen LogP contribution in [0.5, 0.6) is 0 Å². The molecular weight excluding hydrogens is 226 g/mol. The Bertz CT molecular complexity index is 400. The van der Waals surface area contributed by atoms with Crippen molar-refractivity contribution in [2.24, 2.45) is 0 Å². The van der Waals surface area contributed by atoms with Crippen molar-refractivity contribution in [3.63, 3.8) is 0 Å². The molecular formula is C15H19NO2. The molecule has 1 aromatic rings. The second kappa shape index (κ2) is 6.84. The molecule has 96 valence electrons. The van der Waals surface area contributed by atoms with Crippen molar-refractivity contribution in [1.29, 1.82) is 0 Å². The molecule has 0 bridgehead atoms. The Hall–Kier alpha value is -1.77. The molecule has 1 atom stereocenters. The summed E-state index contributed by atoms with van der Waals surface area (Å²) in [6.45, 7) is 0. The molecule has 0 radical (unpaired) electrons. The van der Waals surface area contributed by atoms with E-state index in [0.717, 1.165) is 37.8 Å². The van der Waals surface area contributed by atoms with E-state index in [2.05, 4.69) is 17.5 Å². The number of amides is 1. The zero-order chi connectivity index (χ0) is 12.6. The highest BCUT2D eigenvalue weighted by Crippen LogP contribution is 2.16. The number of carbonyl (C=O) groups is 1. The summed E-state index contributed by atoms with van der Waals surface area (Å²) in [5, 5.41) is 2.75. The van der Waals surface area contributed by atoms with Crippen LogP contribution in [0, 0.1) is 0 Å². The van der Waals surface area contributed by atoms with Gasteiger partial charge in [0.25, 0.3) is 0 Å². The van der Waals surface area contributed by atoms with Gasteiger partial charge in [-0.2, -0.15) is 0 Å². The van der Waals surface area contributed by atoms with Crippen molar-refractivity contribution in [3.05, 3.63) is 42.5 Å². The maximum Gasteiger partial charge on any atom is 0.411 e. The molecule has 0 spiro atoms. The Balaban J connectivity index is 1.81. The van der Waals surface area contributed by atoms with Gasteiger partial charge in [0.05, 0.1) is 0 Å². The van der Waals surface area contributed by atoms with Crippen LogP contribution in [0.25, 0.3) is 0 Å². The standard InChI is InChI=1S/C15H19NO2/c17-15(16-13-9-5-4-6-10-13)18-14-11-7-2-1-3-8-12-14/h1-2,4-6,9-10,14H,3,7-8,11-12H2,(H,16,17)/b2-1+/t14-/m1/s1. The summed E-state index contributed by atoms with van der Waals surface area (Å²) in [7, 11) is 0. The SMILES string of the molecule is O=C(Nc1ccccc1)O[C@@H]1CC/C=C/CCC1. The number of carbonyl (C=O) groups excluding carboxylic acids is 1. The van der Waals surface area contributed by atoms with Gasteiger partial charge >= 0.3 is 6.09 Å². The first kappa shape index (κ1) is 12.7. The van der Waals surface area contributed by atoms with Crippen LogP contribution >= 0.6 is 0 Å². The van der Waals surface area contributed by atoms with Gasteiger partial charge in [0.2, 0.25) is 0 Å². The lowest BCUT2D eigenvalue weighted by Crippen LogP contribution is -2.22. The van der Waals surface area contributed by atoms with Crippen LogP contribution in [-0.4, -0.2) is 12.2 Å². The Morgan fingerprint density at radius 2 is 1.89 bits per heavy atom. The highest BCUT2D eigenvalue weighted by molar-refractivity contribution is 5.84. The van der Waals surface area contributed by atoms with Gasteiger partial charge < -0.3 is 4.74 Å². The number of ether oxygens (including phenoxy) is 1. The van der Waals surface area contributed by atoms with Crippen molar-refractivity contribution < 1.29 is 9.53 Å². The van der Waals surface area contributed by atoms with Crippen LogP contribution in [0.1, 0.15) is 32.1 Å². The first-order chi connectivity index (χ1) is 8.84. The van der Waals surface area contributed by atoms with Gasteiger partial charge in [-0.05, 0) is 44.2 Å².